The number of H-pyrrole nitrogens is 1. The molecule has 3 rings (SSSR count). The third kappa shape index (κ3) is 2.68. The Kier molecular flexibility index (Phi) is 3.72. The van der Waals surface area contributed by atoms with E-state index in [1.54, 1.807) is 6.07 Å². The molecule has 0 atom stereocenters. The zero-order chi connectivity index (χ0) is 17.3. The van der Waals surface area contributed by atoms with Crippen molar-refractivity contribution in [2.24, 2.45) is 0 Å². The molecule has 0 aliphatic carbocycles. The Hall–Kier alpha value is -3.66. The van der Waals surface area contributed by atoms with Gasteiger partial charge in [0.2, 0.25) is 0 Å². The molecule has 0 aliphatic rings. The number of hydrogen-bond acceptors (Lipinski definition) is 5. The fourth-order valence-electron chi connectivity index (χ4n) is 2.32. The molecule has 0 bridgehead atoms. The molecule has 0 amide bonds. The molecule has 0 radical (unpaired) electrons. The lowest BCUT2D eigenvalue weighted by Gasteiger charge is -2.06. The summed E-state index contributed by atoms with van der Waals surface area (Å²) < 4.78 is 5.14. The Balaban J connectivity index is 2.20. The summed E-state index contributed by atoms with van der Waals surface area (Å²) >= 11 is 0. The average Bonchev–Trinajstić information content (AvgIpc) is 3.05. The second-order valence-electron chi connectivity index (χ2n) is 5.17. The van der Waals surface area contributed by atoms with Crippen LogP contribution in [-0.2, 0) is 0 Å². The zero-order valence-corrected chi connectivity index (χ0v) is 12.6. The number of benzene rings is 1. The van der Waals surface area contributed by atoms with Crippen LogP contribution < -0.4 is 5.56 Å². The maximum Gasteiger partial charge on any atom is 0.433 e. The van der Waals surface area contributed by atoms with Crippen molar-refractivity contribution >= 4 is 5.88 Å². The summed E-state index contributed by atoms with van der Waals surface area (Å²) in [6, 6.07) is 13.4. The van der Waals surface area contributed by atoms with Crippen LogP contribution in [0.15, 0.2) is 51.7 Å². The molecule has 2 aromatic heterocycles. The van der Waals surface area contributed by atoms with E-state index in [1.807, 2.05) is 37.3 Å². The fourth-order valence-corrected chi connectivity index (χ4v) is 2.32. The Labute approximate surface area is 135 Å². The fraction of sp³-hybridized carbons (Fsp3) is 0.0588. The molecule has 1 aromatic carbocycles. The Morgan fingerprint density at radius 3 is 2.50 bits per heavy atom. The lowest BCUT2D eigenvalue weighted by Crippen LogP contribution is -2.12. The largest absolute Gasteiger partial charge is 0.433 e. The lowest BCUT2D eigenvalue weighted by atomic mass is 10.0. The van der Waals surface area contributed by atoms with Gasteiger partial charge in [-0.15, -0.1) is 0 Å². The van der Waals surface area contributed by atoms with E-state index in [2.05, 4.69) is 4.98 Å². The summed E-state index contributed by atoms with van der Waals surface area (Å²) in [4.78, 5) is 24.9. The number of aromatic nitrogens is 1. The topological polar surface area (TPSA) is 113 Å². The highest BCUT2D eigenvalue weighted by Crippen LogP contribution is 2.30. The molecule has 118 valence electrons. The number of aromatic amines is 1. The third-order valence-electron chi connectivity index (χ3n) is 3.54. The highest BCUT2D eigenvalue weighted by atomic mass is 16.6. The molecule has 7 heteroatoms. The summed E-state index contributed by atoms with van der Waals surface area (Å²) in [6.45, 7) is 1.94. The molecule has 24 heavy (non-hydrogen) atoms. The first-order chi connectivity index (χ1) is 11.5. The number of aryl methyl sites for hydroxylation is 1. The van der Waals surface area contributed by atoms with Crippen LogP contribution in [0.4, 0.5) is 5.88 Å². The molecule has 0 fully saturated rings. The number of nitrogens with one attached hydrogen (secondary N) is 1. The van der Waals surface area contributed by atoms with Crippen molar-refractivity contribution in [1.29, 1.82) is 5.26 Å². The Bertz CT molecular complexity index is 1020. The molecule has 2 heterocycles. The van der Waals surface area contributed by atoms with E-state index in [-0.39, 0.29) is 16.9 Å². The minimum atomic E-state index is -0.677. The molecular weight excluding hydrogens is 310 g/mol. The van der Waals surface area contributed by atoms with Gasteiger partial charge in [-0.05, 0) is 24.6 Å². The van der Waals surface area contributed by atoms with Gasteiger partial charge >= 0.3 is 5.88 Å². The number of nitriles is 1. The normalized spacial score (nSPS) is 10.3. The number of nitro groups is 1. The average molecular weight is 321 g/mol. The van der Waals surface area contributed by atoms with Gasteiger partial charge in [0.05, 0.1) is 6.07 Å². The molecule has 0 spiro atoms. The van der Waals surface area contributed by atoms with Crippen LogP contribution in [-0.4, -0.2) is 9.91 Å². The number of furan rings is 1. The van der Waals surface area contributed by atoms with Crippen LogP contribution in [0.25, 0.3) is 22.6 Å². The molecule has 3 aromatic rings. The van der Waals surface area contributed by atoms with Gasteiger partial charge in [0.15, 0.2) is 0 Å². The van der Waals surface area contributed by atoms with E-state index in [4.69, 9.17) is 4.42 Å². The minimum absolute atomic E-state index is 0.0951. The van der Waals surface area contributed by atoms with Gasteiger partial charge in [-0.2, -0.15) is 5.26 Å². The van der Waals surface area contributed by atoms with Gasteiger partial charge < -0.3 is 9.40 Å². The van der Waals surface area contributed by atoms with Crippen molar-refractivity contribution in [2.75, 3.05) is 0 Å². The molecule has 0 unspecified atom stereocenters. The number of rotatable bonds is 3. The molecule has 1 N–H and O–H groups in total. The molecule has 7 nitrogen and oxygen atoms in total. The minimum Gasteiger partial charge on any atom is -0.401 e. The van der Waals surface area contributed by atoms with Crippen LogP contribution in [0, 0.1) is 28.4 Å². The van der Waals surface area contributed by atoms with Crippen molar-refractivity contribution in [3.63, 3.8) is 0 Å². The molecule has 0 aliphatic heterocycles. The van der Waals surface area contributed by atoms with E-state index in [0.29, 0.717) is 5.69 Å². The predicted molar refractivity (Wildman–Crippen MR) is 86.3 cm³/mol. The van der Waals surface area contributed by atoms with Gasteiger partial charge in [-0.25, -0.2) is 0 Å². The van der Waals surface area contributed by atoms with Crippen molar-refractivity contribution in [3.8, 4) is 28.7 Å². The summed E-state index contributed by atoms with van der Waals surface area (Å²) in [6.07, 6.45) is 0. The monoisotopic (exact) mass is 321 g/mol. The van der Waals surface area contributed by atoms with Crippen molar-refractivity contribution in [2.45, 2.75) is 6.92 Å². The predicted octanol–water partition coefficient (Wildman–Crippen LogP) is 3.39. The van der Waals surface area contributed by atoms with Crippen LogP contribution >= 0.6 is 0 Å². The van der Waals surface area contributed by atoms with Crippen molar-refractivity contribution in [3.05, 3.63) is 74.1 Å². The second kappa shape index (κ2) is 5.85. The first-order valence-electron chi connectivity index (χ1n) is 6.98. The first-order valence-corrected chi connectivity index (χ1v) is 6.98. The highest BCUT2D eigenvalue weighted by Gasteiger charge is 2.18. The SMILES string of the molecule is Cc1ccc(-c2cc(-c3ccc([N+](=O)[O-])o3)c(C#N)c(=O)[nH]2)cc1. The Morgan fingerprint density at radius 2 is 1.92 bits per heavy atom. The number of hydrogen-bond donors (Lipinski definition) is 1. The van der Waals surface area contributed by atoms with E-state index >= 15 is 0 Å². The van der Waals surface area contributed by atoms with Crippen LogP contribution in [0.3, 0.4) is 0 Å². The smallest absolute Gasteiger partial charge is 0.401 e. The highest BCUT2D eigenvalue weighted by molar-refractivity contribution is 5.72. The van der Waals surface area contributed by atoms with Gasteiger partial charge in [0.1, 0.15) is 22.3 Å². The van der Waals surface area contributed by atoms with E-state index in [9.17, 15) is 20.2 Å². The van der Waals surface area contributed by atoms with Gasteiger partial charge in [0.25, 0.3) is 5.56 Å². The summed E-state index contributed by atoms with van der Waals surface area (Å²) in [5.74, 6) is -0.358. The first kappa shape index (κ1) is 15.2. The van der Waals surface area contributed by atoms with Crippen molar-refractivity contribution in [1.82, 2.24) is 4.98 Å². The molecule has 0 saturated heterocycles. The molecular formula is C17H11N3O4. The van der Waals surface area contributed by atoms with Crippen molar-refractivity contribution < 1.29 is 9.34 Å². The Morgan fingerprint density at radius 1 is 1.21 bits per heavy atom. The lowest BCUT2D eigenvalue weighted by molar-refractivity contribution is -0.401. The summed E-state index contributed by atoms with van der Waals surface area (Å²) in [5, 5.41) is 20.0. The van der Waals surface area contributed by atoms with Gasteiger partial charge in [-0.1, -0.05) is 29.8 Å². The van der Waals surface area contributed by atoms with Gasteiger partial charge in [0, 0.05) is 11.3 Å². The van der Waals surface area contributed by atoms with E-state index in [1.165, 1.54) is 12.1 Å². The second-order valence-corrected chi connectivity index (χ2v) is 5.17. The maximum atomic E-state index is 12.2. The van der Waals surface area contributed by atoms with Gasteiger partial charge in [-0.3, -0.25) is 14.9 Å². The standard InChI is InChI=1S/C17H11N3O4/c1-10-2-4-11(5-3-10)14-8-12(13(9-18)17(21)19-14)15-6-7-16(24-15)20(22)23/h2-8H,1H3,(H,19,21). The quantitative estimate of drug-likeness (QED) is 0.586. The zero-order valence-electron chi connectivity index (χ0n) is 12.6. The van der Waals surface area contributed by atoms with Crippen LogP contribution in [0.2, 0.25) is 0 Å². The summed E-state index contributed by atoms with van der Waals surface area (Å²) in [7, 11) is 0. The van der Waals surface area contributed by atoms with Crippen LogP contribution in [0.5, 0.6) is 0 Å². The van der Waals surface area contributed by atoms with E-state index < -0.39 is 16.4 Å². The molecule has 0 saturated carbocycles. The number of nitrogens with zero attached hydrogens (tertiary/aromatic N) is 2. The summed E-state index contributed by atoms with van der Waals surface area (Å²) in [5.41, 5.74) is 1.79. The maximum absolute atomic E-state index is 12.2. The van der Waals surface area contributed by atoms with E-state index in [0.717, 1.165) is 11.1 Å². The number of pyridine rings is 1. The van der Waals surface area contributed by atoms with Crippen LogP contribution in [0.1, 0.15) is 11.1 Å². The third-order valence-corrected chi connectivity index (χ3v) is 3.54.